The summed E-state index contributed by atoms with van der Waals surface area (Å²) in [5, 5.41) is 0. The van der Waals surface area contributed by atoms with E-state index in [-0.39, 0.29) is 0 Å². The van der Waals surface area contributed by atoms with Gasteiger partial charge in [-0.05, 0) is 96.1 Å². The van der Waals surface area contributed by atoms with Crippen molar-refractivity contribution in [3.05, 3.63) is 177 Å². The van der Waals surface area contributed by atoms with Gasteiger partial charge in [0.15, 0.2) is 0 Å². The van der Waals surface area contributed by atoms with Crippen LogP contribution < -0.4 is 9.80 Å². The first-order valence-corrected chi connectivity index (χ1v) is 14.5. The zero-order chi connectivity index (χ0) is 29.3. The molecule has 2 nitrogen and oxygen atoms in total. The van der Waals surface area contributed by atoms with E-state index in [4.69, 9.17) is 0 Å². The van der Waals surface area contributed by atoms with Crippen LogP contribution in [-0.2, 0) is 0 Å². The second kappa shape index (κ2) is 13.5. The van der Waals surface area contributed by atoms with Crippen LogP contribution in [-0.4, -0.2) is 6.04 Å². The molecular formula is C40H38N2. The minimum atomic E-state index is 0.331. The monoisotopic (exact) mass is 546 g/mol. The smallest absolute Gasteiger partial charge is 0.0522 e. The highest BCUT2D eigenvalue weighted by molar-refractivity contribution is 5.75. The Bertz CT molecular complexity index is 1590. The maximum absolute atomic E-state index is 4.36. The average molecular weight is 547 g/mol. The molecule has 0 heterocycles. The molecule has 1 aliphatic rings. The van der Waals surface area contributed by atoms with Crippen molar-refractivity contribution in [2.24, 2.45) is 0 Å². The van der Waals surface area contributed by atoms with Gasteiger partial charge in [-0.3, -0.25) is 0 Å². The van der Waals surface area contributed by atoms with E-state index in [1.165, 1.54) is 23.4 Å². The number of allylic oxidation sites excluding steroid dienone is 5. The van der Waals surface area contributed by atoms with Crippen LogP contribution in [0.2, 0.25) is 0 Å². The number of benzene rings is 4. The van der Waals surface area contributed by atoms with Crippen molar-refractivity contribution >= 4 is 28.8 Å². The molecule has 0 bridgehead atoms. The summed E-state index contributed by atoms with van der Waals surface area (Å²) in [6.45, 7) is 16.1. The second-order valence-corrected chi connectivity index (χ2v) is 10.4. The molecule has 2 heteroatoms. The third kappa shape index (κ3) is 6.45. The number of para-hydroxylation sites is 1. The van der Waals surface area contributed by atoms with Gasteiger partial charge in [0, 0.05) is 28.4 Å². The van der Waals surface area contributed by atoms with Gasteiger partial charge in [-0.2, -0.15) is 0 Å². The maximum Gasteiger partial charge on any atom is 0.0522 e. The van der Waals surface area contributed by atoms with E-state index in [1.807, 2.05) is 30.4 Å². The molecule has 0 aliphatic heterocycles. The Balaban J connectivity index is 1.44. The van der Waals surface area contributed by atoms with Crippen molar-refractivity contribution in [2.45, 2.75) is 25.3 Å². The predicted octanol–water partition coefficient (Wildman–Crippen LogP) is 11.2. The molecule has 0 fully saturated rings. The highest BCUT2D eigenvalue weighted by atomic mass is 15.2. The van der Waals surface area contributed by atoms with E-state index >= 15 is 0 Å². The van der Waals surface area contributed by atoms with Crippen LogP contribution >= 0.6 is 0 Å². The van der Waals surface area contributed by atoms with Crippen molar-refractivity contribution in [1.82, 2.24) is 0 Å². The van der Waals surface area contributed by atoms with Gasteiger partial charge in [-0.15, -0.1) is 0 Å². The summed E-state index contributed by atoms with van der Waals surface area (Å²) in [6.07, 6.45) is 15.6. The SMILES string of the molecule is C=CC(C=C)=CC(=C)N(c1ccccc1)c1ccc(-c2ccc(N(c3cccc(C=C)c3)C3C=CCCC3)cc2)cc1. The van der Waals surface area contributed by atoms with Crippen LogP contribution in [0.25, 0.3) is 17.2 Å². The first-order valence-electron chi connectivity index (χ1n) is 14.5. The molecule has 4 aromatic rings. The van der Waals surface area contributed by atoms with Crippen molar-refractivity contribution < 1.29 is 0 Å². The number of hydrogen-bond donors (Lipinski definition) is 0. The summed E-state index contributed by atoms with van der Waals surface area (Å²) in [6, 6.07) is 36.8. The number of anilines is 4. The van der Waals surface area contributed by atoms with Gasteiger partial charge < -0.3 is 9.80 Å². The molecule has 0 saturated heterocycles. The summed E-state index contributed by atoms with van der Waals surface area (Å²) in [4.78, 5) is 4.60. The first-order chi connectivity index (χ1) is 20.6. The Labute approximate surface area is 251 Å². The molecule has 1 unspecified atom stereocenters. The Kier molecular flexibility index (Phi) is 9.16. The molecule has 42 heavy (non-hydrogen) atoms. The highest BCUT2D eigenvalue weighted by Gasteiger charge is 2.20. The largest absolute Gasteiger partial charge is 0.335 e. The standard InChI is InChI=1S/C40H38N2/c1-5-32(6-2)29-31(4)41(36-16-10-8-11-17-36)38-25-21-34(22-26-38)35-23-27-39(28-24-35)42(37-18-12-9-13-19-37)40-20-14-15-33(7-3)30-40/h5-8,10-12,14-18,20-30,37H,1-4,9,13,19H2. The molecule has 0 aromatic heterocycles. The van der Waals surface area contributed by atoms with E-state index in [2.05, 4.69) is 133 Å². The van der Waals surface area contributed by atoms with Crippen LogP contribution in [0.15, 0.2) is 171 Å². The Hall–Kier alpha value is -5.08. The topological polar surface area (TPSA) is 6.48 Å². The van der Waals surface area contributed by atoms with Gasteiger partial charge in [0.25, 0.3) is 0 Å². The number of nitrogens with zero attached hydrogens (tertiary/aromatic N) is 2. The van der Waals surface area contributed by atoms with E-state index < -0.39 is 0 Å². The lowest BCUT2D eigenvalue weighted by Gasteiger charge is -2.34. The minimum Gasteiger partial charge on any atom is -0.335 e. The molecule has 0 amide bonds. The van der Waals surface area contributed by atoms with Gasteiger partial charge in [-0.1, -0.05) is 111 Å². The molecule has 4 aromatic carbocycles. The van der Waals surface area contributed by atoms with Crippen LogP contribution in [0.4, 0.5) is 22.7 Å². The molecule has 208 valence electrons. The summed E-state index contributed by atoms with van der Waals surface area (Å²) in [5.74, 6) is 0. The van der Waals surface area contributed by atoms with Crippen molar-refractivity contribution in [2.75, 3.05) is 9.80 Å². The van der Waals surface area contributed by atoms with E-state index in [0.717, 1.165) is 46.6 Å². The lowest BCUT2D eigenvalue weighted by Crippen LogP contribution is -2.30. The lowest BCUT2D eigenvalue weighted by molar-refractivity contribution is 0.631. The van der Waals surface area contributed by atoms with Crippen LogP contribution in [0.3, 0.4) is 0 Å². The van der Waals surface area contributed by atoms with Gasteiger partial charge in [0.05, 0.1) is 6.04 Å². The van der Waals surface area contributed by atoms with Crippen LogP contribution in [0.1, 0.15) is 24.8 Å². The predicted molar refractivity (Wildman–Crippen MR) is 184 cm³/mol. The van der Waals surface area contributed by atoms with E-state index in [0.29, 0.717) is 6.04 Å². The normalized spacial score (nSPS) is 14.0. The lowest BCUT2D eigenvalue weighted by atomic mass is 9.98. The fourth-order valence-corrected chi connectivity index (χ4v) is 5.48. The third-order valence-corrected chi connectivity index (χ3v) is 7.66. The Morgan fingerprint density at radius 3 is 1.90 bits per heavy atom. The van der Waals surface area contributed by atoms with Gasteiger partial charge in [-0.25, -0.2) is 0 Å². The molecule has 0 spiro atoms. The van der Waals surface area contributed by atoms with E-state index in [9.17, 15) is 0 Å². The van der Waals surface area contributed by atoms with Gasteiger partial charge >= 0.3 is 0 Å². The molecule has 1 aliphatic carbocycles. The van der Waals surface area contributed by atoms with Crippen LogP contribution in [0, 0.1) is 0 Å². The van der Waals surface area contributed by atoms with Crippen molar-refractivity contribution in [3.8, 4) is 11.1 Å². The average Bonchev–Trinajstić information content (AvgIpc) is 3.06. The number of rotatable bonds is 11. The van der Waals surface area contributed by atoms with Gasteiger partial charge in [0.2, 0.25) is 0 Å². The first kappa shape index (κ1) is 28.4. The van der Waals surface area contributed by atoms with Crippen molar-refractivity contribution in [3.63, 3.8) is 0 Å². The summed E-state index contributed by atoms with van der Waals surface area (Å²) < 4.78 is 0. The molecule has 0 N–H and O–H groups in total. The molecular weight excluding hydrogens is 508 g/mol. The molecule has 0 radical (unpaired) electrons. The minimum absolute atomic E-state index is 0.331. The zero-order valence-corrected chi connectivity index (χ0v) is 24.2. The Morgan fingerprint density at radius 2 is 1.31 bits per heavy atom. The quantitative estimate of drug-likeness (QED) is 0.136. The second-order valence-electron chi connectivity index (χ2n) is 10.4. The van der Waals surface area contributed by atoms with Crippen LogP contribution in [0.5, 0.6) is 0 Å². The fraction of sp³-hybridized carbons (Fsp3) is 0.100. The number of hydrogen-bond acceptors (Lipinski definition) is 2. The molecule has 0 saturated carbocycles. The third-order valence-electron chi connectivity index (χ3n) is 7.66. The fourth-order valence-electron chi connectivity index (χ4n) is 5.48. The maximum atomic E-state index is 4.36. The van der Waals surface area contributed by atoms with Gasteiger partial charge in [0.1, 0.15) is 0 Å². The van der Waals surface area contributed by atoms with Crippen molar-refractivity contribution in [1.29, 1.82) is 0 Å². The molecule has 5 rings (SSSR count). The van der Waals surface area contributed by atoms with E-state index in [1.54, 1.807) is 12.2 Å². The summed E-state index contributed by atoms with van der Waals surface area (Å²) >= 11 is 0. The zero-order valence-electron chi connectivity index (χ0n) is 24.2. The Morgan fingerprint density at radius 1 is 0.690 bits per heavy atom. The summed E-state index contributed by atoms with van der Waals surface area (Å²) in [7, 11) is 0. The molecule has 1 atom stereocenters. The summed E-state index contributed by atoms with van der Waals surface area (Å²) in [5.41, 5.74) is 9.68. The highest BCUT2D eigenvalue weighted by Crippen LogP contribution is 2.35.